The SMILES string of the molecule is OCc1cc(-n2cnc(Nc3nc(N4CCCC4)c4cccn4n3)c2)cc(CO)c1CO. The van der Waals surface area contributed by atoms with Crippen LogP contribution in [0.5, 0.6) is 0 Å². The fourth-order valence-electron chi connectivity index (χ4n) is 4.19. The Kier molecular flexibility index (Phi) is 5.48. The van der Waals surface area contributed by atoms with Gasteiger partial charge in [0.1, 0.15) is 11.8 Å². The van der Waals surface area contributed by atoms with Crippen molar-refractivity contribution in [2.75, 3.05) is 23.3 Å². The summed E-state index contributed by atoms with van der Waals surface area (Å²) < 4.78 is 3.59. The highest BCUT2D eigenvalue weighted by atomic mass is 16.3. The molecule has 166 valence electrons. The number of fused-ring (bicyclic) bond motifs is 1. The average molecular weight is 435 g/mol. The van der Waals surface area contributed by atoms with Crippen molar-refractivity contribution in [1.82, 2.24) is 24.1 Å². The fourth-order valence-corrected chi connectivity index (χ4v) is 4.19. The smallest absolute Gasteiger partial charge is 0.248 e. The van der Waals surface area contributed by atoms with Gasteiger partial charge < -0.3 is 30.1 Å². The first-order valence-electron chi connectivity index (χ1n) is 10.6. The second kappa shape index (κ2) is 8.58. The van der Waals surface area contributed by atoms with Crippen molar-refractivity contribution in [3.05, 3.63) is 59.7 Å². The maximum atomic E-state index is 9.67. The van der Waals surface area contributed by atoms with Gasteiger partial charge in [-0.25, -0.2) is 9.50 Å². The summed E-state index contributed by atoms with van der Waals surface area (Å²) in [5, 5.41) is 36.7. The summed E-state index contributed by atoms with van der Waals surface area (Å²) in [5.74, 6) is 1.92. The second-order valence-electron chi connectivity index (χ2n) is 7.80. The summed E-state index contributed by atoms with van der Waals surface area (Å²) in [6, 6.07) is 7.50. The van der Waals surface area contributed by atoms with Crippen LogP contribution in [0.3, 0.4) is 0 Å². The molecule has 4 aromatic rings. The molecule has 0 aliphatic carbocycles. The third kappa shape index (κ3) is 3.68. The Balaban J connectivity index is 1.46. The minimum Gasteiger partial charge on any atom is -0.392 e. The minimum atomic E-state index is -0.249. The van der Waals surface area contributed by atoms with Gasteiger partial charge in [0, 0.05) is 25.0 Å². The first-order valence-corrected chi connectivity index (χ1v) is 10.6. The Hall–Kier alpha value is -3.47. The van der Waals surface area contributed by atoms with Crippen LogP contribution in [0, 0.1) is 0 Å². The number of hydrogen-bond donors (Lipinski definition) is 4. The maximum absolute atomic E-state index is 9.67. The van der Waals surface area contributed by atoms with Crippen LogP contribution in [-0.4, -0.2) is 52.6 Å². The molecule has 4 heterocycles. The van der Waals surface area contributed by atoms with Crippen molar-refractivity contribution in [2.45, 2.75) is 32.7 Å². The van der Waals surface area contributed by atoms with Crippen molar-refractivity contribution in [3.8, 4) is 5.69 Å². The highest BCUT2D eigenvalue weighted by Crippen LogP contribution is 2.26. The molecule has 10 nitrogen and oxygen atoms in total. The quantitative estimate of drug-likeness (QED) is 0.346. The van der Waals surface area contributed by atoms with Gasteiger partial charge in [-0.1, -0.05) is 0 Å². The Morgan fingerprint density at radius 3 is 2.44 bits per heavy atom. The van der Waals surface area contributed by atoms with Crippen LogP contribution in [0.25, 0.3) is 11.2 Å². The molecule has 0 unspecified atom stereocenters. The zero-order valence-electron chi connectivity index (χ0n) is 17.5. The first kappa shape index (κ1) is 20.4. The lowest BCUT2D eigenvalue weighted by Crippen LogP contribution is -2.21. The predicted octanol–water partition coefficient (Wildman–Crippen LogP) is 1.74. The van der Waals surface area contributed by atoms with E-state index in [1.807, 2.05) is 22.8 Å². The fraction of sp³-hybridized carbons (Fsp3) is 0.318. The lowest BCUT2D eigenvalue weighted by molar-refractivity contribution is 0.247. The summed E-state index contributed by atoms with van der Waals surface area (Å²) in [5.41, 5.74) is 3.36. The molecule has 4 N–H and O–H groups in total. The van der Waals surface area contributed by atoms with Gasteiger partial charge in [0.15, 0.2) is 11.6 Å². The van der Waals surface area contributed by atoms with E-state index in [9.17, 15) is 15.3 Å². The van der Waals surface area contributed by atoms with Crippen LogP contribution in [0.1, 0.15) is 29.5 Å². The Labute approximate surface area is 184 Å². The number of rotatable bonds is 7. The van der Waals surface area contributed by atoms with E-state index in [1.54, 1.807) is 29.2 Å². The third-order valence-electron chi connectivity index (χ3n) is 5.82. The first-order chi connectivity index (χ1) is 15.7. The van der Waals surface area contributed by atoms with Crippen LogP contribution < -0.4 is 10.2 Å². The second-order valence-corrected chi connectivity index (χ2v) is 7.80. The number of imidazole rings is 1. The number of nitrogens with zero attached hydrogens (tertiary/aromatic N) is 6. The highest BCUT2D eigenvalue weighted by Gasteiger charge is 2.19. The van der Waals surface area contributed by atoms with Crippen molar-refractivity contribution in [2.24, 2.45) is 0 Å². The van der Waals surface area contributed by atoms with Gasteiger partial charge in [-0.2, -0.15) is 4.98 Å². The summed E-state index contributed by atoms with van der Waals surface area (Å²) >= 11 is 0. The van der Waals surface area contributed by atoms with E-state index in [-0.39, 0.29) is 19.8 Å². The summed E-state index contributed by atoms with van der Waals surface area (Å²) in [6.45, 7) is 1.24. The molecular weight excluding hydrogens is 410 g/mol. The molecule has 0 bridgehead atoms. The maximum Gasteiger partial charge on any atom is 0.248 e. The number of aliphatic hydroxyl groups excluding tert-OH is 3. The molecule has 3 aromatic heterocycles. The normalized spacial score (nSPS) is 13.9. The number of benzene rings is 1. The standard InChI is InChI=1S/C22H25N7O3/c30-11-15-8-17(9-16(12-31)18(15)13-32)28-10-20(23-14-28)24-22-25-21(27-5-1-2-6-27)19-4-3-7-29(19)26-22/h3-4,7-10,14,30-32H,1-2,5-6,11-13H2,(H,24,26). The molecule has 1 aliphatic rings. The van der Waals surface area contributed by atoms with Gasteiger partial charge in [0.2, 0.25) is 5.95 Å². The van der Waals surface area contributed by atoms with Gasteiger partial charge in [0.25, 0.3) is 0 Å². The molecule has 32 heavy (non-hydrogen) atoms. The van der Waals surface area contributed by atoms with E-state index < -0.39 is 0 Å². The number of aliphatic hydroxyl groups is 3. The van der Waals surface area contributed by atoms with E-state index in [0.717, 1.165) is 43.0 Å². The number of anilines is 3. The van der Waals surface area contributed by atoms with Crippen molar-refractivity contribution in [3.63, 3.8) is 0 Å². The largest absolute Gasteiger partial charge is 0.392 e. The molecule has 1 fully saturated rings. The van der Waals surface area contributed by atoms with Gasteiger partial charge in [-0.15, -0.1) is 5.10 Å². The number of hydrogen-bond acceptors (Lipinski definition) is 8. The van der Waals surface area contributed by atoms with Crippen LogP contribution in [0.15, 0.2) is 43.0 Å². The van der Waals surface area contributed by atoms with Crippen LogP contribution in [0.2, 0.25) is 0 Å². The molecule has 0 amide bonds. The van der Waals surface area contributed by atoms with Gasteiger partial charge in [-0.05, 0) is 53.8 Å². The monoisotopic (exact) mass is 435 g/mol. The molecule has 1 aliphatic heterocycles. The molecule has 0 saturated carbocycles. The highest BCUT2D eigenvalue weighted by molar-refractivity contribution is 5.71. The van der Waals surface area contributed by atoms with Crippen molar-refractivity contribution in [1.29, 1.82) is 0 Å². The topological polar surface area (TPSA) is 124 Å². The number of nitrogens with one attached hydrogen (secondary N) is 1. The zero-order valence-corrected chi connectivity index (χ0v) is 17.5. The molecule has 1 saturated heterocycles. The Bertz CT molecular complexity index is 1220. The van der Waals surface area contributed by atoms with E-state index in [0.29, 0.717) is 28.5 Å². The summed E-state index contributed by atoms with van der Waals surface area (Å²) in [7, 11) is 0. The van der Waals surface area contributed by atoms with E-state index in [2.05, 4.69) is 20.3 Å². The molecule has 0 atom stereocenters. The van der Waals surface area contributed by atoms with Crippen molar-refractivity contribution < 1.29 is 15.3 Å². The van der Waals surface area contributed by atoms with Crippen LogP contribution in [-0.2, 0) is 19.8 Å². The molecular formula is C22H25N7O3. The molecule has 0 spiro atoms. The van der Waals surface area contributed by atoms with E-state index in [4.69, 9.17) is 4.98 Å². The van der Waals surface area contributed by atoms with Crippen LogP contribution >= 0.6 is 0 Å². The van der Waals surface area contributed by atoms with Gasteiger partial charge >= 0.3 is 0 Å². The zero-order chi connectivity index (χ0) is 22.1. The minimum absolute atomic E-state index is 0.236. The number of aromatic nitrogens is 5. The van der Waals surface area contributed by atoms with E-state index >= 15 is 0 Å². The van der Waals surface area contributed by atoms with Gasteiger partial charge in [-0.3, -0.25) is 0 Å². The molecule has 0 radical (unpaired) electrons. The summed E-state index contributed by atoms with van der Waals surface area (Å²) in [6.07, 6.45) is 7.63. The Morgan fingerprint density at radius 1 is 1.00 bits per heavy atom. The lowest BCUT2D eigenvalue weighted by Gasteiger charge is -2.18. The van der Waals surface area contributed by atoms with Crippen LogP contribution in [0.4, 0.5) is 17.6 Å². The van der Waals surface area contributed by atoms with Gasteiger partial charge in [0.05, 0.1) is 26.0 Å². The Morgan fingerprint density at radius 2 is 1.75 bits per heavy atom. The van der Waals surface area contributed by atoms with Crippen molar-refractivity contribution >= 4 is 23.1 Å². The average Bonchev–Trinajstić information content (AvgIpc) is 3.59. The predicted molar refractivity (Wildman–Crippen MR) is 119 cm³/mol. The summed E-state index contributed by atoms with van der Waals surface area (Å²) in [4.78, 5) is 11.4. The molecule has 1 aromatic carbocycles. The van der Waals surface area contributed by atoms with E-state index in [1.165, 1.54) is 0 Å². The molecule has 10 heteroatoms. The molecule has 5 rings (SSSR count). The third-order valence-corrected chi connectivity index (χ3v) is 5.82. The lowest BCUT2D eigenvalue weighted by atomic mass is 10.0.